The maximum atomic E-state index is 10.9. The van der Waals surface area contributed by atoms with E-state index in [2.05, 4.69) is 20.9 Å². The first kappa shape index (κ1) is 14.0. The van der Waals surface area contributed by atoms with E-state index < -0.39 is 4.92 Å². The summed E-state index contributed by atoms with van der Waals surface area (Å²) in [5.74, 6) is 0.394. The Morgan fingerprint density at radius 3 is 2.76 bits per heavy atom. The van der Waals surface area contributed by atoms with Crippen LogP contribution < -0.4 is 0 Å². The van der Waals surface area contributed by atoms with Crippen molar-refractivity contribution in [3.63, 3.8) is 0 Å². The molecule has 3 aromatic rings. The quantitative estimate of drug-likeness (QED) is 0.465. The number of nitro groups is 1. The number of rotatable bonds is 2. The van der Waals surface area contributed by atoms with Gasteiger partial charge in [-0.1, -0.05) is 11.6 Å². The second kappa shape index (κ2) is 5.13. The average Bonchev–Trinajstić information content (AvgIpc) is 2.86. The SMILES string of the molecule is Cc1cc([N+](=O)[O-])cc2nc(-c3ccc(Cl)c(Br)c3)oc12. The fourth-order valence-electron chi connectivity index (χ4n) is 2.04. The first-order valence-electron chi connectivity index (χ1n) is 5.96. The zero-order chi connectivity index (χ0) is 15.1. The summed E-state index contributed by atoms with van der Waals surface area (Å²) in [6.07, 6.45) is 0. The van der Waals surface area contributed by atoms with Crippen LogP contribution in [0.1, 0.15) is 5.56 Å². The van der Waals surface area contributed by atoms with Crippen molar-refractivity contribution in [1.82, 2.24) is 4.98 Å². The van der Waals surface area contributed by atoms with Gasteiger partial charge in [0.05, 0.1) is 9.95 Å². The maximum absolute atomic E-state index is 10.9. The number of hydrogen-bond acceptors (Lipinski definition) is 4. The Morgan fingerprint density at radius 2 is 2.10 bits per heavy atom. The molecule has 7 heteroatoms. The first-order chi connectivity index (χ1) is 9.95. The number of nitro benzene ring substituents is 1. The molecule has 0 radical (unpaired) electrons. The van der Waals surface area contributed by atoms with Gasteiger partial charge in [-0.15, -0.1) is 0 Å². The molecule has 1 aromatic heterocycles. The molecule has 0 fully saturated rings. The van der Waals surface area contributed by atoms with Gasteiger partial charge in [-0.3, -0.25) is 10.1 Å². The van der Waals surface area contributed by atoms with Gasteiger partial charge >= 0.3 is 0 Å². The summed E-state index contributed by atoms with van der Waals surface area (Å²) in [6, 6.07) is 8.17. The summed E-state index contributed by atoms with van der Waals surface area (Å²) in [5.41, 5.74) is 2.41. The third kappa shape index (κ3) is 2.52. The van der Waals surface area contributed by atoms with E-state index in [-0.39, 0.29) is 5.69 Å². The van der Waals surface area contributed by atoms with Gasteiger partial charge in [0.25, 0.3) is 5.69 Å². The van der Waals surface area contributed by atoms with Crippen molar-refractivity contribution in [2.45, 2.75) is 6.92 Å². The third-order valence-corrected chi connectivity index (χ3v) is 4.25. The van der Waals surface area contributed by atoms with Gasteiger partial charge in [0.2, 0.25) is 5.89 Å². The van der Waals surface area contributed by atoms with Crippen LogP contribution in [0.5, 0.6) is 0 Å². The minimum Gasteiger partial charge on any atom is -0.436 e. The Hall–Kier alpha value is -1.92. The molecule has 0 aliphatic heterocycles. The molecular weight excluding hydrogens is 360 g/mol. The van der Waals surface area contributed by atoms with Crippen molar-refractivity contribution in [3.05, 3.63) is 55.5 Å². The Morgan fingerprint density at radius 1 is 1.33 bits per heavy atom. The Balaban J connectivity index is 2.18. The van der Waals surface area contributed by atoms with Crippen LogP contribution in [-0.4, -0.2) is 9.91 Å². The van der Waals surface area contributed by atoms with Gasteiger partial charge in [0.1, 0.15) is 5.52 Å². The standard InChI is InChI=1S/C14H8BrClN2O3/c1-7-4-9(18(19)20)6-12-13(7)21-14(17-12)8-2-3-11(16)10(15)5-8/h2-6H,1H3. The number of oxazole rings is 1. The summed E-state index contributed by atoms with van der Waals surface area (Å²) in [7, 11) is 0. The van der Waals surface area contributed by atoms with Gasteiger partial charge in [-0.25, -0.2) is 4.98 Å². The summed E-state index contributed by atoms with van der Waals surface area (Å²) in [5, 5.41) is 11.5. The van der Waals surface area contributed by atoms with Crippen LogP contribution in [0, 0.1) is 17.0 Å². The van der Waals surface area contributed by atoms with E-state index in [1.54, 1.807) is 25.1 Å². The number of non-ortho nitro benzene ring substituents is 1. The van der Waals surface area contributed by atoms with Crippen LogP contribution in [0.15, 0.2) is 39.2 Å². The molecule has 0 atom stereocenters. The lowest BCUT2D eigenvalue weighted by Gasteiger charge is -1.98. The Kier molecular flexibility index (Phi) is 3.43. The normalized spacial score (nSPS) is 11.0. The minimum absolute atomic E-state index is 0.00265. The molecule has 0 amide bonds. The molecule has 1 heterocycles. The van der Waals surface area contributed by atoms with Crippen molar-refractivity contribution in [2.75, 3.05) is 0 Å². The predicted molar refractivity (Wildman–Crippen MR) is 83.5 cm³/mol. The summed E-state index contributed by atoms with van der Waals surface area (Å²) in [6.45, 7) is 1.75. The van der Waals surface area contributed by atoms with Crippen LogP contribution in [0.2, 0.25) is 5.02 Å². The highest BCUT2D eigenvalue weighted by molar-refractivity contribution is 9.10. The van der Waals surface area contributed by atoms with Crippen LogP contribution in [-0.2, 0) is 0 Å². The number of aromatic nitrogens is 1. The number of hydrogen-bond donors (Lipinski definition) is 0. The van der Waals surface area contributed by atoms with E-state index >= 15 is 0 Å². The molecule has 0 saturated heterocycles. The minimum atomic E-state index is -0.445. The van der Waals surface area contributed by atoms with Crippen molar-refractivity contribution < 1.29 is 9.34 Å². The van der Waals surface area contributed by atoms with Gasteiger partial charge in [0.15, 0.2) is 5.58 Å². The van der Waals surface area contributed by atoms with Gasteiger partial charge in [-0.05, 0) is 41.1 Å². The Labute approximate surface area is 132 Å². The second-order valence-electron chi connectivity index (χ2n) is 4.52. The number of fused-ring (bicyclic) bond motifs is 1. The van der Waals surface area contributed by atoms with Crippen LogP contribution in [0.25, 0.3) is 22.6 Å². The average molecular weight is 368 g/mol. The smallest absolute Gasteiger partial charge is 0.272 e. The number of halogens is 2. The van der Waals surface area contributed by atoms with Crippen LogP contribution in [0.4, 0.5) is 5.69 Å². The Bertz CT molecular complexity index is 876. The van der Waals surface area contributed by atoms with E-state index in [9.17, 15) is 10.1 Å². The zero-order valence-corrected chi connectivity index (χ0v) is 13.1. The maximum Gasteiger partial charge on any atom is 0.272 e. The molecule has 5 nitrogen and oxygen atoms in total. The van der Waals surface area contributed by atoms with Gasteiger partial charge in [0, 0.05) is 27.7 Å². The van der Waals surface area contributed by atoms with Crippen LogP contribution in [0.3, 0.4) is 0 Å². The van der Waals surface area contributed by atoms with E-state index in [1.165, 1.54) is 12.1 Å². The lowest BCUT2D eigenvalue weighted by Crippen LogP contribution is -1.88. The monoisotopic (exact) mass is 366 g/mol. The van der Waals surface area contributed by atoms with E-state index in [1.807, 2.05) is 0 Å². The van der Waals surface area contributed by atoms with Gasteiger partial charge < -0.3 is 4.42 Å². The van der Waals surface area contributed by atoms with Gasteiger partial charge in [-0.2, -0.15) is 0 Å². The molecule has 2 aromatic carbocycles. The highest BCUT2D eigenvalue weighted by atomic mass is 79.9. The molecule has 0 N–H and O–H groups in total. The molecule has 0 bridgehead atoms. The molecule has 0 aliphatic carbocycles. The lowest BCUT2D eigenvalue weighted by molar-refractivity contribution is -0.384. The second-order valence-corrected chi connectivity index (χ2v) is 5.78. The molecular formula is C14H8BrClN2O3. The first-order valence-corrected chi connectivity index (χ1v) is 7.14. The predicted octanol–water partition coefficient (Wildman–Crippen LogP) is 5.13. The van der Waals surface area contributed by atoms with Crippen molar-refractivity contribution >= 4 is 44.3 Å². The number of nitrogens with zero attached hydrogens (tertiary/aromatic N) is 2. The molecule has 0 spiro atoms. The van der Waals surface area contributed by atoms with E-state index in [0.717, 1.165) is 10.0 Å². The van der Waals surface area contributed by atoms with E-state index in [4.69, 9.17) is 16.0 Å². The highest BCUT2D eigenvalue weighted by Crippen LogP contribution is 2.32. The van der Waals surface area contributed by atoms with Crippen molar-refractivity contribution in [2.24, 2.45) is 0 Å². The molecule has 0 saturated carbocycles. The molecule has 106 valence electrons. The topological polar surface area (TPSA) is 69.2 Å². The molecule has 21 heavy (non-hydrogen) atoms. The largest absolute Gasteiger partial charge is 0.436 e. The van der Waals surface area contributed by atoms with Crippen molar-refractivity contribution in [3.8, 4) is 11.5 Å². The molecule has 3 rings (SSSR count). The van der Waals surface area contributed by atoms with Crippen molar-refractivity contribution in [1.29, 1.82) is 0 Å². The van der Waals surface area contributed by atoms with Crippen LogP contribution >= 0.6 is 27.5 Å². The highest BCUT2D eigenvalue weighted by Gasteiger charge is 2.16. The fraction of sp³-hybridized carbons (Fsp3) is 0.0714. The molecule has 0 unspecified atom stereocenters. The molecule has 0 aliphatic rings. The summed E-state index contributed by atoms with van der Waals surface area (Å²) in [4.78, 5) is 14.8. The zero-order valence-electron chi connectivity index (χ0n) is 10.8. The third-order valence-electron chi connectivity index (χ3n) is 3.04. The summed E-state index contributed by atoms with van der Waals surface area (Å²) >= 11 is 9.30. The number of aryl methyl sites for hydroxylation is 1. The lowest BCUT2D eigenvalue weighted by atomic mass is 10.2. The summed E-state index contributed by atoms with van der Waals surface area (Å²) < 4.78 is 6.45. The number of benzene rings is 2. The fourth-order valence-corrected chi connectivity index (χ4v) is 2.54. The van der Waals surface area contributed by atoms with E-state index in [0.29, 0.717) is 27.6 Å².